The summed E-state index contributed by atoms with van der Waals surface area (Å²) in [5.41, 5.74) is 2.19. The highest BCUT2D eigenvalue weighted by atomic mass is 16.6. The van der Waals surface area contributed by atoms with Crippen molar-refractivity contribution in [2.24, 2.45) is 5.84 Å². The van der Waals surface area contributed by atoms with Crippen LogP contribution in [0.4, 0.5) is 11.4 Å². The van der Waals surface area contributed by atoms with Crippen LogP contribution in [-0.4, -0.2) is 42.0 Å². The number of methoxy groups -OCH3 is 1. The molecule has 0 aliphatic rings. The van der Waals surface area contributed by atoms with Crippen LogP contribution in [-0.2, 0) is 4.74 Å². The zero-order valence-electron chi connectivity index (χ0n) is 12.3. The molecule has 1 amide bonds. The van der Waals surface area contributed by atoms with Gasteiger partial charge in [0, 0.05) is 19.7 Å². The van der Waals surface area contributed by atoms with Gasteiger partial charge in [-0.3, -0.25) is 20.8 Å². The number of nitrogens with zero attached hydrogens (tertiary/aromatic N) is 2. The first-order valence-corrected chi connectivity index (χ1v) is 6.51. The molecule has 0 bridgehead atoms. The Labute approximate surface area is 123 Å². The van der Waals surface area contributed by atoms with Gasteiger partial charge in [-0.05, 0) is 19.9 Å². The number of carbonyl (C=O) groups is 1. The molecule has 0 fully saturated rings. The van der Waals surface area contributed by atoms with Gasteiger partial charge in [0.05, 0.1) is 23.1 Å². The third kappa shape index (κ3) is 3.67. The summed E-state index contributed by atoms with van der Waals surface area (Å²) >= 11 is 0. The van der Waals surface area contributed by atoms with Crippen LogP contribution in [0.5, 0.6) is 0 Å². The molecule has 116 valence electrons. The number of hydrazine groups is 1. The zero-order valence-corrected chi connectivity index (χ0v) is 12.3. The van der Waals surface area contributed by atoms with Gasteiger partial charge in [0.2, 0.25) is 0 Å². The van der Waals surface area contributed by atoms with E-state index in [4.69, 9.17) is 10.6 Å². The van der Waals surface area contributed by atoms with Crippen LogP contribution < -0.4 is 11.3 Å². The number of benzene rings is 1. The first-order chi connectivity index (χ1) is 9.97. The lowest BCUT2D eigenvalue weighted by atomic mass is 10.1. The lowest BCUT2D eigenvalue weighted by Crippen LogP contribution is -2.41. The van der Waals surface area contributed by atoms with Gasteiger partial charge in [0.15, 0.2) is 0 Å². The minimum atomic E-state index is -0.582. The van der Waals surface area contributed by atoms with E-state index in [0.717, 1.165) is 0 Å². The van der Waals surface area contributed by atoms with Crippen molar-refractivity contribution in [1.82, 2.24) is 4.90 Å². The van der Waals surface area contributed by atoms with Crippen molar-refractivity contribution >= 4 is 17.3 Å². The average molecular weight is 296 g/mol. The summed E-state index contributed by atoms with van der Waals surface area (Å²) in [4.78, 5) is 24.6. The second kappa shape index (κ2) is 7.55. The molecular formula is C13H20N4O4. The van der Waals surface area contributed by atoms with Crippen LogP contribution in [0.15, 0.2) is 18.2 Å². The van der Waals surface area contributed by atoms with Crippen LogP contribution in [0.1, 0.15) is 24.2 Å². The van der Waals surface area contributed by atoms with Gasteiger partial charge in [-0.15, -0.1) is 0 Å². The molecule has 0 aromatic heterocycles. The molecule has 0 saturated heterocycles. The number of hydrogen-bond acceptors (Lipinski definition) is 6. The Hall–Kier alpha value is -2.19. The highest BCUT2D eigenvalue weighted by Gasteiger charge is 2.26. The van der Waals surface area contributed by atoms with Gasteiger partial charge in [0.25, 0.3) is 11.6 Å². The fourth-order valence-electron chi connectivity index (χ4n) is 2.16. The Kier molecular flexibility index (Phi) is 6.07. The van der Waals surface area contributed by atoms with Crippen molar-refractivity contribution in [2.75, 3.05) is 25.7 Å². The monoisotopic (exact) mass is 296 g/mol. The Morgan fingerprint density at radius 3 is 2.71 bits per heavy atom. The summed E-state index contributed by atoms with van der Waals surface area (Å²) in [5.74, 6) is 5.02. The van der Waals surface area contributed by atoms with Gasteiger partial charge >= 0.3 is 0 Å². The van der Waals surface area contributed by atoms with Crippen LogP contribution in [0.25, 0.3) is 0 Å². The molecule has 1 aromatic carbocycles. The summed E-state index contributed by atoms with van der Waals surface area (Å²) in [6.07, 6.45) is 0. The molecule has 1 rings (SSSR count). The minimum absolute atomic E-state index is 0.00978. The maximum Gasteiger partial charge on any atom is 0.294 e. The molecule has 21 heavy (non-hydrogen) atoms. The summed E-state index contributed by atoms with van der Waals surface area (Å²) < 4.78 is 5.05. The van der Waals surface area contributed by atoms with E-state index in [2.05, 4.69) is 5.43 Å². The first kappa shape index (κ1) is 16.9. The van der Waals surface area contributed by atoms with Gasteiger partial charge in [-0.25, -0.2) is 0 Å². The molecule has 8 heteroatoms. The molecule has 8 nitrogen and oxygen atoms in total. The van der Waals surface area contributed by atoms with Crippen molar-refractivity contribution in [3.05, 3.63) is 33.9 Å². The largest absolute Gasteiger partial charge is 0.383 e. The maximum absolute atomic E-state index is 12.6. The number of hydrogen-bond donors (Lipinski definition) is 2. The number of ether oxygens (including phenoxy) is 1. The molecule has 1 aromatic rings. The predicted octanol–water partition coefficient (Wildman–Crippen LogP) is 1.38. The van der Waals surface area contributed by atoms with E-state index in [9.17, 15) is 14.9 Å². The van der Waals surface area contributed by atoms with Crippen molar-refractivity contribution in [1.29, 1.82) is 0 Å². The maximum atomic E-state index is 12.6. The molecule has 0 aliphatic carbocycles. The number of carbonyl (C=O) groups excluding carboxylic acids is 1. The number of likely N-dealkylation sites (N-methyl/N-ethyl adjacent to an activating group) is 1. The average Bonchev–Trinajstić information content (AvgIpc) is 2.47. The number of nitro benzene ring substituents is 1. The van der Waals surface area contributed by atoms with Gasteiger partial charge < -0.3 is 15.1 Å². The standard InChI is InChI=1S/C13H20N4O4/c1-4-16(9(2)8-21-3)13(18)10-6-5-7-11(17(19)20)12(10)15-14/h5-7,9,15H,4,8,14H2,1-3H3. The second-order valence-corrected chi connectivity index (χ2v) is 4.50. The van der Waals surface area contributed by atoms with Crippen molar-refractivity contribution < 1.29 is 14.5 Å². The third-order valence-corrected chi connectivity index (χ3v) is 3.16. The zero-order chi connectivity index (χ0) is 16.0. The first-order valence-electron chi connectivity index (χ1n) is 6.51. The SMILES string of the molecule is CCN(C(=O)c1cccc([N+](=O)[O-])c1NN)C(C)COC. The van der Waals surface area contributed by atoms with Crippen molar-refractivity contribution in [3.63, 3.8) is 0 Å². The van der Waals surface area contributed by atoms with E-state index >= 15 is 0 Å². The minimum Gasteiger partial charge on any atom is -0.383 e. The quantitative estimate of drug-likeness (QED) is 0.446. The van der Waals surface area contributed by atoms with Crippen LogP contribution >= 0.6 is 0 Å². The van der Waals surface area contributed by atoms with Gasteiger partial charge in [-0.2, -0.15) is 0 Å². The number of nitro groups is 1. The molecule has 0 saturated carbocycles. The van der Waals surface area contributed by atoms with Crippen molar-refractivity contribution in [2.45, 2.75) is 19.9 Å². The highest BCUT2D eigenvalue weighted by Crippen LogP contribution is 2.28. The van der Waals surface area contributed by atoms with E-state index < -0.39 is 4.92 Å². The number of para-hydroxylation sites is 1. The third-order valence-electron chi connectivity index (χ3n) is 3.16. The Balaban J connectivity index is 3.22. The molecule has 0 aliphatic heterocycles. The topological polar surface area (TPSA) is 111 Å². The fourth-order valence-corrected chi connectivity index (χ4v) is 2.16. The summed E-state index contributed by atoms with van der Waals surface area (Å²) in [7, 11) is 1.55. The van der Waals surface area contributed by atoms with E-state index in [1.165, 1.54) is 18.2 Å². The fraction of sp³-hybridized carbons (Fsp3) is 0.462. The highest BCUT2D eigenvalue weighted by molar-refractivity contribution is 6.01. The number of rotatable bonds is 7. The smallest absolute Gasteiger partial charge is 0.294 e. The van der Waals surface area contributed by atoms with Gasteiger partial charge in [0.1, 0.15) is 5.69 Å². The molecule has 0 radical (unpaired) electrons. The number of amides is 1. The molecular weight excluding hydrogens is 276 g/mol. The van der Waals surface area contributed by atoms with E-state index in [1.807, 2.05) is 13.8 Å². The van der Waals surface area contributed by atoms with E-state index in [-0.39, 0.29) is 28.9 Å². The van der Waals surface area contributed by atoms with E-state index in [0.29, 0.717) is 13.2 Å². The number of nitrogens with one attached hydrogen (secondary N) is 1. The number of anilines is 1. The summed E-state index contributed by atoms with van der Waals surface area (Å²) in [5, 5.41) is 11.0. The molecule has 0 heterocycles. The van der Waals surface area contributed by atoms with Crippen LogP contribution in [0.2, 0.25) is 0 Å². The normalized spacial score (nSPS) is 11.8. The van der Waals surface area contributed by atoms with Crippen LogP contribution in [0.3, 0.4) is 0 Å². The summed E-state index contributed by atoms with van der Waals surface area (Å²) in [6.45, 7) is 4.50. The Morgan fingerprint density at radius 1 is 1.57 bits per heavy atom. The second-order valence-electron chi connectivity index (χ2n) is 4.50. The Morgan fingerprint density at radius 2 is 2.24 bits per heavy atom. The molecule has 3 N–H and O–H groups in total. The lowest BCUT2D eigenvalue weighted by molar-refractivity contribution is -0.384. The van der Waals surface area contributed by atoms with Gasteiger partial charge in [-0.1, -0.05) is 6.07 Å². The molecule has 1 atom stereocenters. The Bertz CT molecular complexity index is 521. The summed E-state index contributed by atoms with van der Waals surface area (Å²) in [6, 6.07) is 4.10. The van der Waals surface area contributed by atoms with Crippen molar-refractivity contribution in [3.8, 4) is 0 Å². The molecule has 0 spiro atoms. The number of nitrogens with two attached hydrogens (primary N) is 1. The predicted molar refractivity (Wildman–Crippen MR) is 79.0 cm³/mol. The number of nitrogen functional groups attached to an aromatic ring is 1. The molecule has 1 unspecified atom stereocenters. The lowest BCUT2D eigenvalue weighted by Gasteiger charge is -2.28. The van der Waals surface area contributed by atoms with Crippen LogP contribution in [0, 0.1) is 10.1 Å². The van der Waals surface area contributed by atoms with E-state index in [1.54, 1.807) is 12.0 Å².